The summed E-state index contributed by atoms with van der Waals surface area (Å²) < 4.78 is 0. The zero-order valence-corrected chi connectivity index (χ0v) is 14.6. The molecule has 130 valence electrons. The third-order valence-electron chi connectivity index (χ3n) is 4.75. The van der Waals surface area contributed by atoms with Crippen LogP contribution in [0.2, 0.25) is 0 Å². The fourth-order valence-electron chi connectivity index (χ4n) is 3.27. The van der Waals surface area contributed by atoms with Gasteiger partial charge >= 0.3 is 11.8 Å². The lowest BCUT2D eigenvalue weighted by atomic mass is 9.95. The predicted molar refractivity (Wildman–Crippen MR) is 95.9 cm³/mol. The maximum atomic E-state index is 11.9. The van der Waals surface area contributed by atoms with E-state index in [4.69, 9.17) is 0 Å². The van der Waals surface area contributed by atoms with Gasteiger partial charge in [-0.15, -0.1) is 0 Å². The molecule has 2 saturated heterocycles. The number of nitrogens with one attached hydrogen (secondary N) is 2. The third kappa shape index (κ3) is 4.70. The molecular formula is C17H24N4O2S. The van der Waals surface area contributed by atoms with Gasteiger partial charge in [-0.2, -0.15) is 11.8 Å². The zero-order valence-electron chi connectivity index (χ0n) is 13.7. The van der Waals surface area contributed by atoms with Crippen LogP contribution in [0.1, 0.15) is 19.3 Å². The Bertz CT molecular complexity index is 555. The molecule has 0 radical (unpaired) electrons. The molecular weight excluding hydrogens is 324 g/mol. The lowest BCUT2D eigenvalue weighted by Gasteiger charge is -2.35. The Labute approximate surface area is 146 Å². The van der Waals surface area contributed by atoms with E-state index in [-0.39, 0.29) is 0 Å². The second-order valence-electron chi connectivity index (χ2n) is 6.40. The van der Waals surface area contributed by atoms with Crippen LogP contribution in [-0.2, 0) is 9.59 Å². The number of piperidine rings is 1. The molecule has 1 unspecified atom stereocenters. The molecule has 1 aromatic heterocycles. The van der Waals surface area contributed by atoms with Crippen molar-refractivity contribution in [3.05, 3.63) is 24.5 Å². The molecule has 24 heavy (non-hydrogen) atoms. The summed E-state index contributed by atoms with van der Waals surface area (Å²) in [6.07, 6.45) is 6.62. The van der Waals surface area contributed by atoms with Gasteiger partial charge in [-0.05, 0) is 56.2 Å². The lowest BCUT2D eigenvalue weighted by molar-refractivity contribution is -0.136. The molecule has 0 saturated carbocycles. The molecule has 0 aliphatic carbocycles. The van der Waals surface area contributed by atoms with Crippen LogP contribution in [0.25, 0.3) is 0 Å². The summed E-state index contributed by atoms with van der Waals surface area (Å²) in [4.78, 5) is 30.3. The van der Waals surface area contributed by atoms with Crippen molar-refractivity contribution >= 4 is 29.3 Å². The molecule has 3 heterocycles. The summed E-state index contributed by atoms with van der Waals surface area (Å²) in [6, 6.07) is 4.16. The summed E-state index contributed by atoms with van der Waals surface area (Å²) in [5, 5.41) is 5.31. The maximum Gasteiger partial charge on any atom is 0.313 e. The lowest BCUT2D eigenvalue weighted by Crippen LogP contribution is -2.45. The molecule has 2 aliphatic rings. The minimum Gasteiger partial charge on any atom is -0.348 e. The average molecular weight is 348 g/mol. The maximum absolute atomic E-state index is 11.9. The molecule has 1 atom stereocenters. The van der Waals surface area contributed by atoms with E-state index in [1.165, 1.54) is 24.1 Å². The van der Waals surface area contributed by atoms with Gasteiger partial charge in [0.05, 0.1) is 11.9 Å². The summed E-state index contributed by atoms with van der Waals surface area (Å²) in [5.74, 6) is 1.80. The highest BCUT2D eigenvalue weighted by Gasteiger charge is 2.27. The van der Waals surface area contributed by atoms with Crippen molar-refractivity contribution in [1.29, 1.82) is 0 Å². The van der Waals surface area contributed by atoms with Gasteiger partial charge in [0.15, 0.2) is 0 Å². The van der Waals surface area contributed by atoms with E-state index in [0.717, 1.165) is 32.0 Å². The highest BCUT2D eigenvalue weighted by molar-refractivity contribution is 7.99. The average Bonchev–Trinajstić information content (AvgIpc) is 3.15. The van der Waals surface area contributed by atoms with Gasteiger partial charge in [0.25, 0.3) is 0 Å². The Kier molecular flexibility index (Phi) is 6.09. The number of aromatic nitrogens is 1. The second kappa shape index (κ2) is 8.48. The number of thioether (sulfide) groups is 1. The Balaban J connectivity index is 1.36. The van der Waals surface area contributed by atoms with Crippen molar-refractivity contribution < 1.29 is 9.59 Å². The van der Waals surface area contributed by atoms with Crippen molar-refractivity contribution in [3.8, 4) is 0 Å². The highest BCUT2D eigenvalue weighted by atomic mass is 32.2. The molecule has 0 spiro atoms. The molecule has 6 nitrogen and oxygen atoms in total. The first-order valence-corrected chi connectivity index (χ1v) is 9.69. The van der Waals surface area contributed by atoms with E-state index in [1.54, 1.807) is 18.3 Å². The minimum absolute atomic E-state index is 0.463. The first kappa shape index (κ1) is 17.2. The van der Waals surface area contributed by atoms with E-state index in [0.29, 0.717) is 18.2 Å². The van der Waals surface area contributed by atoms with Crippen LogP contribution in [-0.4, -0.2) is 58.9 Å². The molecule has 2 fully saturated rings. The zero-order chi connectivity index (χ0) is 16.8. The number of hydrogen-bond donors (Lipinski definition) is 2. The van der Waals surface area contributed by atoms with Gasteiger partial charge < -0.3 is 10.6 Å². The van der Waals surface area contributed by atoms with Gasteiger partial charge in [-0.3, -0.25) is 19.5 Å². The molecule has 0 bridgehead atoms. The first-order chi connectivity index (χ1) is 11.7. The van der Waals surface area contributed by atoms with Crippen LogP contribution in [0.5, 0.6) is 0 Å². The van der Waals surface area contributed by atoms with Crippen LogP contribution in [0.4, 0.5) is 5.69 Å². The van der Waals surface area contributed by atoms with Crippen LogP contribution in [0.15, 0.2) is 24.5 Å². The van der Waals surface area contributed by atoms with E-state index >= 15 is 0 Å². The van der Waals surface area contributed by atoms with Gasteiger partial charge in [0.1, 0.15) is 0 Å². The number of pyridine rings is 1. The van der Waals surface area contributed by atoms with Crippen molar-refractivity contribution in [2.75, 3.05) is 36.5 Å². The molecule has 2 amide bonds. The molecule has 2 N–H and O–H groups in total. The predicted octanol–water partition coefficient (Wildman–Crippen LogP) is 1.35. The van der Waals surface area contributed by atoms with Crippen molar-refractivity contribution in [2.24, 2.45) is 5.92 Å². The van der Waals surface area contributed by atoms with E-state index in [1.807, 2.05) is 11.8 Å². The summed E-state index contributed by atoms with van der Waals surface area (Å²) >= 11 is 2.05. The first-order valence-electron chi connectivity index (χ1n) is 8.53. The normalized spacial score (nSPS) is 22.2. The molecule has 7 heteroatoms. The van der Waals surface area contributed by atoms with Gasteiger partial charge in [-0.1, -0.05) is 0 Å². The minimum atomic E-state index is -0.636. The van der Waals surface area contributed by atoms with E-state index < -0.39 is 11.8 Å². The topological polar surface area (TPSA) is 74.3 Å². The van der Waals surface area contributed by atoms with Crippen LogP contribution in [0, 0.1) is 5.92 Å². The highest BCUT2D eigenvalue weighted by Crippen LogP contribution is 2.26. The number of rotatable bonds is 4. The molecule has 1 aromatic rings. The molecule has 3 rings (SSSR count). The van der Waals surface area contributed by atoms with Crippen molar-refractivity contribution in [1.82, 2.24) is 15.2 Å². The summed E-state index contributed by atoms with van der Waals surface area (Å²) in [7, 11) is 0. The van der Waals surface area contributed by atoms with Gasteiger partial charge in [-0.25, -0.2) is 0 Å². The number of carbonyl (C=O) groups is 2. The number of amides is 2. The SMILES string of the molecule is O=C(NCC1CCN(C2CCSC2)CC1)C(=O)Nc1cccnc1. The van der Waals surface area contributed by atoms with Gasteiger partial charge in [0, 0.05) is 24.5 Å². The number of anilines is 1. The van der Waals surface area contributed by atoms with Crippen molar-refractivity contribution in [2.45, 2.75) is 25.3 Å². The van der Waals surface area contributed by atoms with Gasteiger partial charge in [0.2, 0.25) is 0 Å². The molecule has 0 aromatic carbocycles. The fraction of sp³-hybridized carbons (Fsp3) is 0.588. The number of nitrogens with zero attached hydrogens (tertiary/aromatic N) is 2. The Morgan fingerprint density at radius 1 is 1.25 bits per heavy atom. The van der Waals surface area contributed by atoms with E-state index in [2.05, 4.69) is 20.5 Å². The largest absolute Gasteiger partial charge is 0.348 e. The standard InChI is InChI=1S/C17H24N4O2S/c22-16(17(23)20-14-2-1-6-18-11-14)19-10-13-3-7-21(8-4-13)15-5-9-24-12-15/h1-2,6,11,13,15H,3-5,7-10,12H2,(H,19,22)(H,20,23). The number of carbonyl (C=O) groups excluding carboxylic acids is 2. The Hall–Kier alpha value is -1.60. The third-order valence-corrected chi connectivity index (χ3v) is 5.89. The fourth-order valence-corrected chi connectivity index (χ4v) is 4.53. The van der Waals surface area contributed by atoms with Crippen LogP contribution >= 0.6 is 11.8 Å². The summed E-state index contributed by atoms with van der Waals surface area (Å²) in [6.45, 7) is 2.79. The quantitative estimate of drug-likeness (QED) is 0.804. The van der Waals surface area contributed by atoms with Crippen LogP contribution < -0.4 is 10.6 Å². The Morgan fingerprint density at radius 3 is 2.75 bits per heavy atom. The number of hydrogen-bond acceptors (Lipinski definition) is 5. The summed E-state index contributed by atoms with van der Waals surface area (Å²) in [5.41, 5.74) is 0.528. The van der Waals surface area contributed by atoms with E-state index in [9.17, 15) is 9.59 Å². The van der Waals surface area contributed by atoms with Crippen LogP contribution in [0.3, 0.4) is 0 Å². The number of likely N-dealkylation sites (tertiary alicyclic amines) is 1. The second-order valence-corrected chi connectivity index (χ2v) is 7.55. The Morgan fingerprint density at radius 2 is 2.08 bits per heavy atom. The smallest absolute Gasteiger partial charge is 0.313 e. The molecule has 2 aliphatic heterocycles. The monoisotopic (exact) mass is 348 g/mol. The van der Waals surface area contributed by atoms with Crippen molar-refractivity contribution in [3.63, 3.8) is 0 Å².